The summed E-state index contributed by atoms with van der Waals surface area (Å²) in [5.41, 5.74) is 1.06. The topological polar surface area (TPSA) is 47.0 Å². The van der Waals surface area contributed by atoms with Crippen LogP contribution in [0.3, 0.4) is 0 Å². The predicted octanol–water partition coefficient (Wildman–Crippen LogP) is 2.89. The van der Waals surface area contributed by atoms with E-state index in [0.717, 1.165) is 24.3 Å². The number of rotatable bonds is 6. The van der Waals surface area contributed by atoms with Crippen LogP contribution in [0, 0.1) is 5.92 Å². The van der Waals surface area contributed by atoms with E-state index < -0.39 is 0 Å². The summed E-state index contributed by atoms with van der Waals surface area (Å²) in [4.78, 5) is 8.49. The maximum absolute atomic E-state index is 5.89. The summed E-state index contributed by atoms with van der Waals surface area (Å²) in [6, 6.07) is 0. The molecule has 0 aliphatic rings. The predicted molar refractivity (Wildman–Crippen MR) is 70.5 cm³/mol. The fraction of sp³-hybridized carbons (Fsp3) is 0.692. The van der Waals surface area contributed by atoms with Crippen LogP contribution in [0.15, 0.2) is 6.33 Å². The molecule has 0 bridgehead atoms. The summed E-state index contributed by atoms with van der Waals surface area (Å²) in [5.74, 6) is 2.06. The largest absolute Gasteiger partial charge is 0.474 e. The molecule has 1 heterocycles. The van der Waals surface area contributed by atoms with Crippen LogP contribution in [0.4, 0.5) is 5.82 Å². The Balaban J connectivity index is 2.94. The third-order valence-corrected chi connectivity index (χ3v) is 2.84. The Morgan fingerprint density at radius 2 is 1.94 bits per heavy atom. The fourth-order valence-corrected chi connectivity index (χ4v) is 1.45. The van der Waals surface area contributed by atoms with Gasteiger partial charge in [0.15, 0.2) is 0 Å². The van der Waals surface area contributed by atoms with Crippen LogP contribution in [0.25, 0.3) is 0 Å². The van der Waals surface area contributed by atoms with Crippen molar-refractivity contribution in [2.24, 2.45) is 5.92 Å². The van der Waals surface area contributed by atoms with Gasteiger partial charge >= 0.3 is 0 Å². The van der Waals surface area contributed by atoms with Gasteiger partial charge in [0.25, 0.3) is 0 Å². The molecule has 1 N–H and O–H groups in total. The lowest BCUT2D eigenvalue weighted by Crippen LogP contribution is -2.20. The SMILES string of the molecule is CCNc1ncnc(OC(C)C(C)C)c1CC. The molecule has 17 heavy (non-hydrogen) atoms. The summed E-state index contributed by atoms with van der Waals surface area (Å²) in [5, 5.41) is 3.24. The first kappa shape index (κ1) is 13.7. The van der Waals surface area contributed by atoms with E-state index in [-0.39, 0.29) is 6.10 Å². The van der Waals surface area contributed by atoms with Crippen molar-refractivity contribution in [1.82, 2.24) is 9.97 Å². The van der Waals surface area contributed by atoms with Gasteiger partial charge in [-0.15, -0.1) is 0 Å². The second-order valence-electron chi connectivity index (χ2n) is 4.46. The zero-order valence-electron chi connectivity index (χ0n) is 11.4. The highest BCUT2D eigenvalue weighted by Gasteiger charge is 2.15. The first-order valence-corrected chi connectivity index (χ1v) is 6.34. The highest BCUT2D eigenvalue weighted by Crippen LogP contribution is 2.24. The molecule has 0 aliphatic heterocycles. The van der Waals surface area contributed by atoms with E-state index in [1.54, 1.807) is 6.33 Å². The zero-order valence-corrected chi connectivity index (χ0v) is 11.4. The summed E-state index contributed by atoms with van der Waals surface area (Å²) in [7, 11) is 0. The van der Waals surface area contributed by atoms with Crippen LogP contribution in [0.5, 0.6) is 5.88 Å². The molecular formula is C13H23N3O. The van der Waals surface area contributed by atoms with Crippen LogP contribution in [-0.2, 0) is 6.42 Å². The van der Waals surface area contributed by atoms with Gasteiger partial charge < -0.3 is 10.1 Å². The van der Waals surface area contributed by atoms with Crippen LogP contribution in [0.1, 0.15) is 40.2 Å². The Hall–Kier alpha value is -1.32. The van der Waals surface area contributed by atoms with Crippen molar-refractivity contribution in [1.29, 1.82) is 0 Å². The van der Waals surface area contributed by atoms with Gasteiger partial charge in [0.05, 0.1) is 11.7 Å². The lowest BCUT2D eigenvalue weighted by atomic mass is 10.1. The Labute approximate surface area is 104 Å². The average molecular weight is 237 g/mol. The minimum atomic E-state index is 0.157. The normalized spacial score (nSPS) is 12.6. The maximum atomic E-state index is 5.89. The molecule has 1 unspecified atom stereocenters. The molecule has 0 spiro atoms. The maximum Gasteiger partial charge on any atom is 0.222 e. The van der Waals surface area contributed by atoms with Gasteiger partial charge in [-0.05, 0) is 26.2 Å². The highest BCUT2D eigenvalue weighted by molar-refractivity contribution is 5.48. The molecule has 0 fully saturated rings. The number of hydrogen-bond acceptors (Lipinski definition) is 4. The van der Waals surface area contributed by atoms with Crippen molar-refractivity contribution in [3.8, 4) is 5.88 Å². The number of nitrogens with one attached hydrogen (secondary N) is 1. The van der Waals surface area contributed by atoms with Crippen LogP contribution < -0.4 is 10.1 Å². The summed E-state index contributed by atoms with van der Waals surface area (Å²) >= 11 is 0. The quantitative estimate of drug-likeness (QED) is 0.826. The zero-order chi connectivity index (χ0) is 12.8. The molecular weight excluding hydrogens is 214 g/mol. The molecule has 4 heteroatoms. The van der Waals surface area contributed by atoms with E-state index in [1.165, 1.54) is 0 Å². The van der Waals surface area contributed by atoms with Gasteiger partial charge in [-0.1, -0.05) is 20.8 Å². The van der Waals surface area contributed by atoms with Crippen LogP contribution in [-0.4, -0.2) is 22.6 Å². The molecule has 0 radical (unpaired) electrons. The van der Waals surface area contributed by atoms with Crippen LogP contribution in [0.2, 0.25) is 0 Å². The van der Waals surface area contributed by atoms with Crippen molar-refractivity contribution in [3.05, 3.63) is 11.9 Å². The van der Waals surface area contributed by atoms with E-state index in [1.807, 2.05) is 0 Å². The molecule has 1 aromatic rings. The molecule has 0 aliphatic carbocycles. The molecule has 4 nitrogen and oxygen atoms in total. The van der Waals surface area contributed by atoms with Crippen molar-refractivity contribution in [2.45, 2.75) is 47.1 Å². The smallest absolute Gasteiger partial charge is 0.222 e. The van der Waals surface area contributed by atoms with Crippen molar-refractivity contribution in [3.63, 3.8) is 0 Å². The Kier molecular flexibility index (Phi) is 5.19. The number of ether oxygens (including phenoxy) is 1. The number of aromatic nitrogens is 2. The van der Waals surface area contributed by atoms with E-state index in [2.05, 4.69) is 49.9 Å². The highest BCUT2D eigenvalue weighted by atomic mass is 16.5. The van der Waals surface area contributed by atoms with E-state index in [9.17, 15) is 0 Å². The first-order chi connectivity index (χ1) is 8.10. The van der Waals surface area contributed by atoms with E-state index >= 15 is 0 Å². The molecule has 0 aromatic carbocycles. The van der Waals surface area contributed by atoms with Gasteiger partial charge in [0, 0.05) is 6.54 Å². The standard InChI is InChI=1S/C13H23N3O/c1-6-11-12(14-7-2)15-8-16-13(11)17-10(5)9(3)4/h8-10H,6-7H2,1-5H3,(H,14,15,16). The number of anilines is 1. The molecule has 1 atom stereocenters. The Morgan fingerprint density at radius 3 is 2.47 bits per heavy atom. The molecule has 0 amide bonds. The van der Waals surface area contributed by atoms with Gasteiger partial charge in [-0.2, -0.15) is 0 Å². The average Bonchev–Trinajstić information content (AvgIpc) is 2.29. The third-order valence-electron chi connectivity index (χ3n) is 2.84. The summed E-state index contributed by atoms with van der Waals surface area (Å²) in [6.45, 7) is 11.3. The molecule has 96 valence electrons. The monoisotopic (exact) mass is 237 g/mol. The van der Waals surface area contributed by atoms with Gasteiger partial charge in [0.1, 0.15) is 12.1 Å². The van der Waals surface area contributed by atoms with Crippen molar-refractivity contribution < 1.29 is 4.74 Å². The van der Waals surface area contributed by atoms with Crippen molar-refractivity contribution in [2.75, 3.05) is 11.9 Å². The van der Waals surface area contributed by atoms with E-state index in [0.29, 0.717) is 11.8 Å². The minimum absolute atomic E-state index is 0.157. The van der Waals surface area contributed by atoms with Gasteiger partial charge in [-0.3, -0.25) is 0 Å². The fourth-order valence-electron chi connectivity index (χ4n) is 1.45. The summed E-state index contributed by atoms with van der Waals surface area (Å²) < 4.78 is 5.89. The number of hydrogen-bond donors (Lipinski definition) is 1. The molecule has 1 rings (SSSR count). The molecule has 1 aromatic heterocycles. The minimum Gasteiger partial charge on any atom is -0.474 e. The Bertz CT molecular complexity index is 353. The summed E-state index contributed by atoms with van der Waals surface area (Å²) in [6.07, 6.45) is 2.58. The van der Waals surface area contributed by atoms with Gasteiger partial charge in [0.2, 0.25) is 5.88 Å². The number of nitrogens with zero attached hydrogens (tertiary/aromatic N) is 2. The second kappa shape index (κ2) is 6.42. The molecule has 0 saturated heterocycles. The third kappa shape index (κ3) is 3.58. The van der Waals surface area contributed by atoms with E-state index in [4.69, 9.17) is 4.74 Å². The Morgan fingerprint density at radius 1 is 1.24 bits per heavy atom. The lowest BCUT2D eigenvalue weighted by molar-refractivity contribution is 0.161. The molecule has 0 saturated carbocycles. The lowest BCUT2D eigenvalue weighted by Gasteiger charge is -2.20. The van der Waals surface area contributed by atoms with Gasteiger partial charge in [-0.25, -0.2) is 9.97 Å². The second-order valence-corrected chi connectivity index (χ2v) is 4.46. The first-order valence-electron chi connectivity index (χ1n) is 6.34. The van der Waals surface area contributed by atoms with Crippen LogP contribution >= 0.6 is 0 Å². The van der Waals surface area contributed by atoms with Crippen molar-refractivity contribution >= 4 is 5.82 Å².